The molecule has 0 radical (unpaired) electrons. The SMILES string of the molecule is I.NC(=NCCc1cc(F)ccc1F)N1CCCCC1. The van der Waals surface area contributed by atoms with E-state index in [-0.39, 0.29) is 24.0 Å². The van der Waals surface area contributed by atoms with Gasteiger partial charge in [-0.05, 0) is 49.4 Å². The van der Waals surface area contributed by atoms with Crippen LogP contribution in [0.3, 0.4) is 0 Å². The van der Waals surface area contributed by atoms with E-state index in [4.69, 9.17) is 5.73 Å². The maximum absolute atomic E-state index is 13.4. The molecule has 0 unspecified atom stereocenters. The highest BCUT2D eigenvalue weighted by Gasteiger charge is 2.11. The second kappa shape index (κ2) is 8.39. The molecule has 1 aromatic rings. The molecule has 2 N–H and O–H groups in total. The summed E-state index contributed by atoms with van der Waals surface area (Å²) in [5.74, 6) is -0.311. The van der Waals surface area contributed by atoms with Crippen LogP contribution in [0.1, 0.15) is 24.8 Å². The summed E-state index contributed by atoms with van der Waals surface area (Å²) >= 11 is 0. The van der Waals surface area contributed by atoms with Crippen LogP contribution < -0.4 is 5.73 Å². The molecule has 1 aromatic carbocycles. The summed E-state index contributed by atoms with van der Waals surface area (Å²) in [6.07, 6.45) is 3.86. The lowest BCUT2D eigenvalue weighted by Gasteiger charge is -2.27. The summed E-state index contributed by atoms with van der Waals surface area (Å²) in [6.45, 7) is 2.25. The van der Waals surface area contributed by atoms with Gasteiger partial charge in [0.1, 0.15) is 11.6 Å². The Labute approximate surface area is 135 Å². The predicted octanol–water partition coefficient (Wildman–Crippen LogP) is 2.93. The highest BCUT2D eigenvalue weighted by molar-refractivity contribution is 14.0. The van der Waals surface area contributed by atoms with Crippen molar-refractivity contribution < 1.29 is 8.78 Å². The first-order valence-electron chi connectivity index (χ1n) is 6.65. The van der Waals surface area contributed by atoms with Gasteiger partial charge in [0.25, 0.3) is 0 Å². The average Bonchev–Trinajstić information content (AvgIpc) is 2.43. The van der Waals surface area contributed by atoms with Gasteiger partial charge >= 0.3 is 0 Å². The first-order valence-corrected chi connectivity index (χ1v) is 6.65. The van der Waals surface area contributed by atoms with Crippen LogP contribution in [-0.4, -0.2) is 30.5 Å². The summed E-state index contributed by atoms with van der Waals surface area (Å²) in [6, 6.07) is 3.47. The number of hydrogen-bond donors (Lipinski definition) is 1. The molecule has 2 rings (SSSR count). The minimum atomic E-state index is -0.426. The van der Waals surface area contributed by atoms with Crippen molar-refractivity contribution in [2.24, 2.45) is 10.7 Å². The van der Waals surface area contributed by atoms with Crippen LogP contribution in [0.2, 0.25) is 0 Å². The van der Waals surface area contributed by atoms with Crippen molar-refractivity contribution in [3.8, 4) is 0 Å². The number of aliphatic imine (C=N–C) groups is 1. The normalized spacial score (nSPS) is 15.9. The molecule has 0 aliphatic carbocycles. The summed E-state index contributed by atoms with van der Waals surface area (Å²) in [4.78, 5) is 6.29. The van der Waals surface area contributed by atoms with Crippen molar-refractivity contribution in [2.45, 2.75) is 25.7 Å². The lowest BCUT2D eigenvalue weighted by molar-refractivity contribution is 0.338. The molecule has 1 heterocycles. The lowest BCUT2D eigenvalue weighted by atomic mass is 10.1. The zero-order valence-corrected chi connectivity index (χ0v) is 13.6. The molecule has 0 atom stereocenters. The Balaban J connectivity index is 0.00000200. The number of guanidine groups is 1. The van der Waals surface area contributed by atoms with Gasteiger partial charge in [0.2, 0.25) is 0 Å². The molecule has 0 spiro atoms. The third kappa shape index (κ3) is 4.88. The maximum atomic E-state index is 13.4. The fraction of sp³-hybridized carbons (Fsp3) is 0.500. The molecule has 0 saturated carbocycles. The Morgan fingerprint density at radius 1 is 1.20 bits per heavy atom. The van der Waals surface area contributed by atoms with Gasteiger partial charge < -0.3 is 10.6 Å². The lowest BCUT2D eigenvalue weighted by Crippen LogP contribution is -2.41. The Hall–Kier alpha value is -0.920. The van der Waals surface area contributed by atoms with Gasteiger partial charge in [-0.1, -0.05) is 0 Å². The summed E-state index contributed by atoms with van der Waals surface area (Å²) in [5.41, 5.74) is 6.23. The van der Waals surface area contributed by atoms with Crippen LogP contribution in [0.5, 0.6) is 0 Å². The number of halogens is 3. The molecule has 6 heteroatoms. The highest BCUT2D eigenvalue weighted by Crippen LogP contribution is 2.11. The van der Waals surface area contributed by atoms with Crippen molar-refractivity contribution in [3.05, 3.63) is 35.4 Å². The van der Waals surface area contributed by atoms with Crippen molar-refractivity contribution in [1.29, 1.82) is 0 Å². The largest absolute Gasteiger partial charge is 0.370 e. The van der Waals surface area contributed by atoms with E-state index in [9.17, 15) is 8.78 Å². The number of nitrogens with zero attached hydrogens (tertiary/aromatic N) is 2. The Bertz CT molecular complexity index is 460. The molecule has 20 heavy (non-hydrogen) atoms. The Morgan fingerprint density at radius 3 is 2.60 bits per heavy atom. The topological polar surface area (TPSA) is 41.6 Å². The first-order chi connectivity index (χ1) is 9.16. The van der Waals surface area contributed by atoms with E-state index in [0.29, 0.717) is 24.5 Å². The van der Waals surface area contributed by atoms with Crippen LogP contribution in [0, 0.1) is 11.6 Å². The summed E-state index contributed by atoms with van der Waals surface area (Å²) < 4.78 is 26.4. The quantitative estimate of drug-likeness (QED) is 0.486. The molecular formula is C14H20F2IN3. The molecule has 0 bridgehead atoms. The number of hydrogen-bond acceptors (Lipinski definition) is 1. The molecule has 1 fully saturated rings. The molecule has 1 saturated heterocycles. The monoisotopic (exact) mass is 395 g/mol. The molecule has 1 aliphatic heterocycles. The van der Waals surface area contributed by atoms with Crippen LogP contribution in [-0.2, 0) is 6.42 Å². The van der Waals surface area contributed by atoms with Gasteiger partial charge in [-0.2, -0.15) is 0 Å². The fourth-order valence-corrected chi connectivity index (χ4v) is 2.25. The summed E-state index contributed by atoms with van der Waals surface area (Å²) in [7, 11) is 0. The molecule has 3 nitrogen and oxygen atoms in total. The zero-order valence-electron chi connectivity index (χ0n) is 11.3. The number of likely N-dealkylation sites (tertiary alicyclic amines) is 1. The third-order valence-corrected chi connectivity index (χ3v) is 3.34. The smallest absolute Gasteiger partial charge is 0.191 e. The highest BCUT2D eigenvalue weighted by atomic mass is 127. The van der Waals surface area contributed by atoms with Gasteiger partial charge in [0, 0.05) is 19.6 Å². The molecular weight excluding hydrogens is 375 g/mol. The minimum absolute atomic E-state index is 0. The summed E-state index contributed by atoms with van der Waals surface area (Å²) in [5, 5.41) is 0. The van der Waals surface area contributed by atoms with E-state index < -0.39 is 11.6 Å². The van der Waals surface area contributed by atoms with Gasteiger partial charge in [0.15, 0.2) is 5.96 Å². The van der Waals surface area contributed by atoms with Crippen LogP contribution in [0.4, 0.5) is 8.78 Å². The van der Waals surface area contributed by atoms with E-state index in [1.165, 1.54) is 12.5 Å². The average molecular weight is 395 g/mol. The van der Waals surface area contributed by atoms with E-state index in [2.05, 4.69) is 4.99 Å². The van der Waals surface area contributed by atoms with E-state index >= 15 is 0 Å². The number of nitrogens with two attached hydrogens (primary N) is 1. The van der Waals surface area contributed by atoms with Crippen LogP contribution in [0.25, 0.3) is 0 Å². The van der Waals surface area contributed by atoms with Gasteiger partial charge in [-0.3, -0.25) is 4.99 Å². The van der Waals surface area contributed by atoms with Crippen molar-refractivity contribution in [1.82, 2.24) is 4.90 Å². The standard InChI is InChI=1S/C14H19F2N3.HI/c15-12-4-5-13(16)11(10-12)6-7-18-14(17)19-8-2-1-3-9-19;/h4-5,10H,1-3,6-9H2,(H2,17,18);1H. The minimum Gasteiger partial charge on any atom is -0.370 e. The van der Waals surface area contributed by atoms with E-state index in [0.717, 1.165) is 38.1 Å². The second-order valence-electron chi connectivity index (χ2n) is 4.77. The van der Waals surface area contributed by atoms with Gasteiger partial charge in [0.05, 0.1) is 0 Å². The van der Waals surface area contributed by atoms with Crippen LogP contribution in [0.15, 0.2) is 23.2 Å². The molecule has 1 aliphatic rings. The zero-order chi connectivity index (χ0) is 13.7. The maximum Gasteiger partial charge on any atom is 0.191 e. The Morgan fingerprint density at radius 2 is 1.90 bits per heavy atom. The van der Waals surface area contributed by atoms with Crippen molar-refractivity contribution >= 4 is 29.9 Å². The molecule has 0 amide bonds. The number of rotatable bonds is 3. The van der Waals surface area contributed by atoms with Crippen molar-refractivity contribution in [3.63, 3.8) is 0 Å². The number of piperidine rings is 1. The third-order valence-electron chi connectivity index (χ3n) is 3.34. The predicted molar refractivity (Wildman–Crippen MR) is 87.4 cm³/mol. The first kappa shape index (κ1) is 17.1. The van der Waals surface area contributed by atoms with E-state index in [1.54, 1.807) is 0 Å². The van der Waals surface area contributed by atoms with Crippen LogP contribution >= 0.6 is 24.0 Å². The number of benzene rings is 1. The molecule has 0 aromatic heterocycles. The van der Waals surface area contributed by atoms with E-state index in [1.807, 2.05) is 4.90 Å². The Kier molecular flexibility index (Phi) is 7.18. The molecule has 112 valence electrons. The van der Waals surface area contributed by atoms with Gasteiger partial charge in [-0.25, -0.2) is 8.78 Å². The fourth-order valence-electron chi connectivity index (χ4n) is 2.25. The second-order valence-corrected chi connectivity index (χ2v) is 4.77. The van der Waals surface area contributed by atoms with Crippen molar-refractivity contribution in [2.75, 3.05) is 19.6 Å². The van der Waals surface area contributed by atoms with Gasteiger partial charge in [-0.15, -0.1) is 24.0 Å².